The number of hydrogen-bond acceptors (Lipinski definition) is 2. The highest BCUT2D eigenvalue weighted by molar-refractivity contribution is 4.91. The number of nitrogens with zero attached hydrogens (tertiary/aromatic N) is 1. The minimum Gasteiger partial charge on any atom is -0.361 e. The third-order valence-corrected chi connectivity index (χ3v) is 2.64. The van der Waals surface area contributed by atoms with E-state index < -0.39 is 0 Å². The molecule has 1 heterocycles. The van der Waals surface area contributed by atoms with E-state index in [1.807, 2.05) is 0 Å². The number of likely N-dealkylation sites (N-methyl/N-ethyl adjacent to an activating group) is 1. The van der Waals surface area contributed by atoms with E-state index in [4.69, 9.17) is 4.74 Å². The maximum Gasteiger partial charge on any atom is 0.115 e. The molecule has 0 aromatic heterocycles. The van der Waals surface area contributed by atoms with Crippen molar-refractivity contribution in [1.82, 2.24) is 4.90 Å². The van der Waals surface area contributed by atoms with Crippen molar-refractivity contribution in [2.45, 2.75) is 46.4 Å². The van der Waals surface area contributed by atoms with Gasteiger partial charge in [-0.3, -0.25) is 4.90 Å². The molecule has 1 aliphatic heterocycles. The topological polar surface area (TPSA) is 12.5 Å². The highest BCUT2D eigenvalue weighted by atomic mass is 16.5. The second-order valence-electron chi connectivity index (χ2n) is 5.45. The fourth-order valence-electron chi connectivity index (χ4n) is 1.64. The highest BCUT2D eigenvalue weighted by Gasteiger charge is 2.43. The first-order valence-electron chi connectivity index (χ1n) is 4.60. The molecule has 1 atom stereocenters. The molecule has 2 nitrogen and oxygen atoms in total. The van der Waals surface area contributed by atoms with Crippen molar-refractivity contribution in [2.75, 3.05) is 13.7 Å². The van der Waals surface area contributed by atoms with Gasteiger partial charge in [0.1, 0.15) is 6.23 Å². The van der Waals surface area contributed by atoms with Crippen LogP contribution in [0.2, 0.25) is 0 Å². The van der Waals surface area contributed by atoms with Gasteiger partial charge >= 0.3 is 0 Å². The van der Waals surface area contributed by atoms with Crippen LogP contribution in [0.3, 0.4) is 0 Å². The van der Waals surface area contributed by atoms with Crippen LogP contribution < -0.4 is 0 Å². The zero-order valence-electron chi connectivity index (χ0n) is 9.14. The fraction of sp³-hybridized carbons (Fsp3) is 1.00. The molecule has 0 amide bonds. The Labute approximate surface area is 75.9 Å². The molecule has 1 unspecified atom stereocenters. The smallest absolute Gasteiger partial charge is 0.115 e. The van der Waals surface area contributed by atoms with Crippen molar-refractivity contribution in [3.05, 3.63) is 0 Å². The van der Waals surface area contributed by atoms with Gasteiger partial charge in [0.2, 0.25) is 0 Å². The molecule has 0 aromatic carbocycles. The van der Waals surface area contributed by atoms with Gasteiger partial charge in [0.05, 0.1) is 6.61 Å². The van der Waals surface area contributed by atoms with E-state index in [2.05, 4.69) is 46.6 Å². The Morgan fingerprint density at radius 1 is 1.33 bits per heavy atom. The zero-order chi connectivity index (χ0) is 9.57. The first-order valence-corrected chi connectivity index (χ1v) is 4.60. The van der Waals surface area contributed by atoms with Crippen molar-refractivity contribution in [2.24, 2.45) is 5.41 Å². The van der Waals surface area contributed by atoms with Crippen LogP contribution in [0, 0.1) is 5.41 Å². The first kappa shape index (κ1) is 10.0. The highest BCUT2D eigenvalue weighted by Crippen LogP contribution is 2.34. The molecular formula is C10H21NO. The molecule has 0 aliphatic carbocycles. The summed E-state index contributed by atoms with van der Waals surface area (Å²) >= 11 is 0. The summed E-state index contributed by atoms with van der Waals surface area (Å²) in [6.45, 7) is 11.9. The summed E-state index contributed by atoms with van der Waals surface area (Å²) in [6, 6.07) is 0. The quantitative estimate of drug-likeness (QED) is 0.553. The lowest BCUT2D eigenvalue weighted by Crippen LogP contribution is -2.45. The van der Waals surface area contributed by atoms with Gasteiger partial charge in [0.25, 0.3) is 0 Å². The molecular weight excluding hydrogens is 150 g/mol. The minimum atomic E-state index is 0.192. The van der Waals surface area contributed by atoms with Gasteiger partial charge in [-0.15, -0.1) is 0 Å². The van der Waals surface area contributed by atoms with Gasteiger partial charge < -0.3 is 4.74 Å². The Kier molecular flexibility index (Phi) is 2.26. The van der Waals surface area contributed by atoms with Crippen LogP contribution in [0.25, 0.3) is 0 Å². The van der Waals surface area contributed by atoms with Crippen molar-refractivity contribution in [3.8, 4) is 0 Å². The van der Waals surface area contributed by atoms with Crippen molar-refractivity contribution < 1.29 is 4.74 Å². The zero-order valence-corrected chi connectivity index (χ0v) is 9.14. The summed E-state index contributed by atoms with van der Waals surface area (Å²) in [5.41, 5.74) is 0.403. The number of rotatable bonds is 0. The van der Waals surface area contributed by atoms with E-state index in [0.717, 1.165) is 6.61 Å². The Balaban J connectivity index is 2.74. The molecule has 0 spiro atoms. The Hall–Kier alpha value is -0.0800. The molecule has 1 aliphatic rings. The normalized spacial score (nSPS) is 31.0. The molecule has 1 rings (SSSR count). The van der Waals surface area contributed by atoms with Crippen LogP contribution in [-0.2, 0) is 4.74 Å². The standard InChI is InChI=1S/C10H21NO/c1-9(2,3)8-11(6)10(4,5)7-12-8/h8H,7H2,1-6H3. The van der Waals surface area contributed by atoms with Crippen LogP contribution in [0.15, 0.2) is 0 Å². The predicted molar refractivity (Wildman–Crippen MR) is 51.0 cm³/mol. The lowest BCUT2D eigenvalue weighted by atomic mass is 9.92. The van der Waals surface area contributed by atoms with Crippen molar-refractivity contribution >= 4 is 0 Å². The van der Waals surface area contributed by atoms with Crippen LogP contribution in [0.5, 0.6) is 0 Å². The predicted octanol–water partition coefficient (Wildman–Crippen LogP) is 2.10. The minimum absolute atomic E-state index is 0.192. The maximum absolute atomic E-state index is 5.77. The molecule has 0 saturated carbocycles. The van der Waals surface area contributed by atoms with Crippen LogP contribution >= 0.6 is 0 Å². The summed E-state index contributed by atoms with van der Waals surface area (Å²) in [4.78, 5) is 2.33. The van der Waals surface area contributed by atoms with Crippen LogP contribution in [0.4, 0.5) is 0 Å². The Morgan fingerprint density at radius 3 is 2.00 bits per heavy atom. The average Bonchev–Trinajstić information content (AvgIpc) is 2.06. The fourth-order valence-corrected chi connectivity index (χ4v) is 1.64. The van der Waals surface area contributed by atoms with E-state index in [0.29, 0.717) is 0 Å². The lowest BCUT2D eigenvalue weighted by Gasteiger charge is -2.36. The van der Waals surface area contributed by atoms with E-state index in [9.17, 15) is 0 Å². The Morgan fingerprint density at radius 2 is 1.83 bits per heavy atom. The molecule has 72 valence electrons. The number of hydrogen-bond donors (Lipinski definition) is 0. The first-order chi connectivity index (χ1) is 5.25. The van der Waals surface area contributed by atoms with Gasteiger partial charge in [0.15, 0.2) is 0 Å². The molecule has 1 saturated heterocycles. The maximum atomic E-state index is 5.77. The molecule has 0 radical (unpaired) electrons. The van der Waals surface area contributed by atoms with Crippen molar-refractivity contribution in [1.29, 1.82) is 0 Å². The van der Waals surface area contributed by atoms with E-state index in [1.54, 1.807) is 0 Å². The molecule has 0 bridgehead atoms. The summed E-state index contributed by atoms with van der Waals surface area (Å²) in [5.74, 6) is 0. The summed E-state index contributed by atoms with van der Waals surface area (Å²) in [5, 5.41) is 0. The summed E-state index contributed by atoms with van der Waals surface area (Å²) in [7, 11) is 2.14. The van der Waals surface area contributed by atoms with Gasteiger partial charge in [-0.1, -0.05) is 20.8 Å². The molecule has 0 aromatic rings. The summed E-state index contributed by atoms with van der Waals surface area (Å²) < 4.78 is 5.77. The van der Waals surface area contributed by atoms with Gasteiger partial charge in [-0.2, -0.15) is 0 Å². The second kappa shape index (κ2) is 2.71. The molecule has 1 fully saturated rings. The van der Waals surface area contributed by atoms with E-state index in [1.165, 1.54) is 0 Å². The van der Waals surface area contributed by atoms with E-state index in [-0.39, 0.29) is 17.2 Å². The molecule has 0 N–H and O–H groups in total. The second-order valence-corrected chi connectivity index (χ2v) is 5.45. The van der Waals surface area contributed by atoms with Gasteiger partial charge in [-0.25, -0.2) is 0 Å². The third kappa shape index (κ3) is 1.64. The average molecular weight is 171 g/mol. The largest absolute Gasteiger partial charge is 0.361 e. The molecule has 2 heteroatoms. The monoisotopic (exact) mass is 171 g/mol. The van der Waals surface area contributed by atoms with Crippen molar-refractivity contribution in [3.63, 3.8) is 0 Å². The summed E-state index contributed by atoms with van der Waals surface area (Å²) in [6.07, 6.45) is 0.257. The van der Waals surface area contributed by atoms with Crippen LogP contribution in [0.1, 0.15) is 34.6 Å². The lowest BCUT2D eigenvalue weighted by molar-refractivity contribution is -0.0411. The number of ether oxygens (including phenoxy) is 1. The van der Waals surface area contributed by atoms with Gasteiger partial charge in [-0.05, 0) is 20.9 Å². The van der Waals surface area contributed by atoms with E-state index >= 15 is 0 Å². The van der Waals surface area contributed by atoms with Crippen LogP contribution in [-0.4, -0.2) is 30.3 Å². The van der Waals surface area contributed by atoms with Gasteiger partial charge in [0, 0.05) is 11.0 Å². The molecule has 12 heavy (non-hydrogen) atoms. The SMILES string of the molecule is CN1C(C(C)(C)C)OCC1(C)C. The Bertz CT molecular complexity index is 169. The third-order valence-electron chi connectivity index (χ3n) is 2.64.